The molecule has 1 unspecified atom stereocenters. The van der Waals surface area contributed by atoms with Gasteiger partial charge in [-0.3, -0.25) is 0 Å². The van der Waals surface area contributed by atoms with Crippen molar-refractivity contribution in [3.05, 3.63) is 99.4 Å². The van der Waals surface area contributed by atoms with Crippen LogP contribution in [0.1, 0.15) is 33.7 Å². The third kappa shape index (κ3) is 6.13. The number of rotatable bonds is 10. The topological polar surface area (TPSA) is 97.6 Å². The van der Waals surface area contributed by atoms with Crippen LogP contribution in [-0.2, 0) is 29.0 Å². The van der Waals surface area contributed by atoms with E-state index in [1.165, 1.54) is 20.3 Å². The summed E-state index contributed by atoms with van der Waals surface area (Å²) in [5, 5.41) is 0. The maximum atomic E-state index is 15.6. The average molecular weight is 665 g/mol. The van der Waals surface area contributed by atoms with Crippen molar-refractivity contribution in [1.82, 2.24) is 19.5 Å². The fourth-order valence-corrected chi connectivity index (χ4v) is 5.30. The zero-order valence-corrected chi connectivity index (χ0v) is 25.4. The number of aromatic nitrogens is 4. The van der Waals surface area contributed by atoms with Crippen LogP contribution < -0.4 is 9.47 Å². The second kappa shape index (κ2) is 12.7. The first-order valence-corrected chi connectivity index (χ1v) is 14.6. The van der Waals surface area contributed by atoms with Gasteiger partial charge in [0.2, 0.25) is 11.8 Å². The molecule has 0 amide bonds. The highest BCUT2D eigenvalue weighted by atomic mass is 79.9. The first-order chi connectivity index (χ1) is 21.3. The molecule has 0 bridgehead atoms. The van der Waals surface area contributed by atoms with E-state index < -0.39 is 17.6 Å². The minimum atomic E-state index is -0.636. The van der Waals surface area contributed by atoms with Gasteiger partial charge in [0.1, 0.15) is 28.7 Å². The van der Waals surface area contributed by atoms with Gasteiger partial charge in [-0.2, -0.15) is 0 Å². The third-order valence-corrected chi connectivity index (χ3v) is 7.83. The van der Waals surface area contributed by atoms with Gasteiger partial charge < -0.3 is 23.5 Å². The number of hydrogen-bond acceptors (Lipinski definition) is 8. The van der Waals surface area contributed by atoms with Crippen LogP contribution in [0.4, 0.5) is 8.78 Å². The summed E-state index contributed by atoms with van der Waals surface area (Å²) in [5.41, 5.74) is 2.73. The van der Waals surface area contributed by atoms with Crippen molar-refractivity contribution in [2.75, 3.05) is 20.8 Å². The highest BCUT2D eigenvalue weighted by Crippen LogP contribution is 2.29. The molecule has 226 valence electrons. The van der Waals surface area contributed by atoms with Gasteiger partial charge in [0.25, 0.3) is 0 Å². The molecular weight excluding hydrogens is 638 g/mol. The summed E-state index contributed by atoms with van der Waals surface area (Å²) in [7, 11) is 2.83. The van der Waals surface area contributed by atoms with Crippen LogP contribution in [0.5, 0.6) is 11.8 Å². The number of hydrogen-bond donors (Lipinski definition) is 0. The Morgan fingerprint density at radius 2 is 1.86 bits per heavy atom. The van der Waals surface area contributed by atoms with E-state index in [1.807, 2.05) is 4.57 Å². The Kier molecular flexibility index (Phi) is 8.53. The smallest absolute Gasteiger partial charge is 0.337 e. The summed E-state index contributed by atoms with van der Waals surface area (Å²) in [5.74, 6) is -0.559. The van der Waals surface area contributed by atoms with E-state index >= 15 is 8.78 Å². The minimum absolute atomic E-state index is 0.00122. The molecule has 9 nitrogen and oxygen atoms in total. The lowest BCUT2D eigenvalue weighted by Crippen LogP contribution is -2.31. The molecule has 4 heterocycles. The standard InChI is InChI=1S/C32H27BrF2N4O5/c1-41-31-19(7-9-28(33)38-31)17-44-30-5-3-4-25(37-30)22-15-23(34)20(12-24(22)35)14-29-36-26-8-6-18(32(40)42-2)13-27(26)39(29)16-21-10-11-43-21/h3-9,12-13,15,21H,10-11,14,16-17H2,1-2H3. The van der Waals surface area contributed by atoms with Gasteiger partial charge in [-0.1, -0.05) is 6.07 Å². The number of benzene rings is 2. The Bertz CT molecular complexity index is 1860. The number of carbonyl (C=O) groups is 1. The zero-order chi connectivity index (χ0) is 30.8. The lowest BCUT2D eigenvalue weighted by Gasteiger charge is -2.27. The van der Waals surface area contributed by atoms with Crippen molar-refractivity contribution in [1.29, 1.82) is 0 Å². The van der Waals surface area contributed by atoms with Gasteiger partial charge in [0, 0.05) is 24.7 Å². The zero-order valence-electron chi connectivity index (χ0n) is 23.9. The number of esters is 1. The molecule has 1 saturated heterocycles. The Morgan fingerprint density at radius 1 is 1.02 bits per heavy atom. The minimum Gasteiger partial charge on any atom is -0.481 e. The molecule has 0 spiro atoms. The van der Waals surface area contributed by atoms with Gasteiger partial charge in [-0.05, 0) is 76.4 Å². The number of methoxy groups -OCH3 is 2. The Labute approximate surface area is 259 Å². The molecule has 1 aliphatic heterocycles. The van der Waals surface area contributed by atoms with Crippen LogP contribution in [0, 0.1) is 11.6 Å². The number of halogens is 3. The van der Waals surface area contributed by atoms with Crippen molar-refractivity contribution in [3.63, 3.8) is 0 Å². The highest BCUT2D eigenvalue weighted by molar-refractivity contribution is 9.10. The predicted molar refractivity (Wildman–Crippen MR) is 161 cm³/mol. The molecule has 12 heteroatoms. The molecule has 5 aromatic rings. The summed E-state index contributed by atoms with van der Waals surface area (Å²) >= 11 is 3.30. The van der Waals surface area contributed by atoms with E-state index in [2.05, 4.69) is 25.9 Å². The van der Waals surface area contributed by atoms with Crippen molar-refractivity contribution in [2.24, 2.45) is 0 Å². The van der Waals surface area contributed by atoms with Crippen LogP contribution in [0.15, 0.2) is 65.3 Å². The highest BCUT2D eigenvalue weighted by Gasteiger charge is 2.24. The number of fused-ring (bicyclic) bond motifs is 1. The van der Waals surface area contributed by atoms with Crippen molar-refractivity contribution in [3.8, 4) is 23.0 Å². The van der Waals surface area contributed by atoms with Crippen molar-refractivity contribution in [2.45, 2.75) is 32.1 Å². The van der Waals surface area contributed by atoms with E-state index in [4.69, 9.17) is 23.9 Å². The molecule has 3 aromatic heterocycles. The predicted octanol–water partition coefficient (Wildman–Crippen LogP) is 6.29. The number of ether oxygens (including phenoxy) is 4. The quantitative estimate of drug-likeness (QED) is 0.127. The molecular formula is C32H27BrF2N4O5. The van der Waals surface area contributed by atoms with Crippen LogP contribution in [0.2, 0.25) is 0 Å². The van der Waals surface area contributed by atoms with E-state index in [9.17, 15) is 4.79 Å². The maximum absolute atomic E-state index is 15.6. The molecule has 0 saturated carbocycles. The summed E-state index contributed by atoms with van der Waals surface area (Å²) < 4.78 is 55.2. The molecule has 6 rings (SSSR count). The summed E-state index contributed by atoms with van der Waals surface area (Å²) in [6.45, 7) is 1.25. The lowest BCUT2D eigenvalue weighted by atomic mass is 10.0. The fourth-order valence-electron chi connectivity index (χ4n) is 5.01. The molecule has 0 radical (unpaired) electrons. The fraction of sp³-hybridized carbons (Fsp3) is 0.250. The second-order valence-electron chi connectivity index (χ2n) is 10.2. The van der Waals surface area contributed by atoms with Crippen molar-refractivity contribution < 1.29 is 32.5 Å². The van der Waals surface area contributed by atoms with Crippen LogP contribution in [0.3, 0.4) is 0 Å². The van der Waals surface area contributed by atoms with Crippen LogP contribution in [0.25, 0.3) is 22.3 Å². The average Bonchev–Trinajstić information content (AvgIpc) is 3.35. The Balaban J connectivity index is 1.26. The normalized spacial score (nSPS) is 14.3. The first-order valence-electron chi connectivity index (χ1n) is 13.8. The van der Waals surface area contributed by atoms with E-state index in [-0.39, 0.29) is 41.8 Å². The molecule has 0 N–H and O–H groups in total. The summed E-state index contributed by atoms with van der Waals surface area (Å²) in [4.78, 5) is 25.5. The van der Waals surface area contributed by atoms with Gasteiger partial charge in [-0.15, -0.1) is 0 Å². The summed E-state index contributed by atoms with van der Waals surface area (Å²) in [6, 6.07) is 15.8. The van der Waals surface area contributed by atoms with Crippen LogP contribution in [-0.4, -0.2) is 52.4 Å². The number of nitrogens with zero attached hydrogens (tertiary/aromatic N) is 4. The molecule has 2 aromatic carbocycles. The van der Waals surface area contributed by atoms with Crippen LogP contribution >= 0.6 is 15.9 Å². The number of imidazole rings is 1. The maximum Gasteiger partial charge on any atom is 0.337 e. The lowest BCUT2D eigenvalue weighted by molar-refractivity contribution is -0.0589. The Morgan fingerprint density at radius 3 is 2.61 bits per heavy atom. The van der Waals surface area contributed by atoms with Crippen molar-refractivity contribution >= 4 is 32.9 Å². The van der Waals surface area contributed by atoms with Gasteiger partial charge >= 0.3 is 5.97 Å². The molecule has 1 aliphatic rings. The van der Waals surface area contributed by atoms with Gasteiger partial charge in [0.05, 0.1) is 54.7 Å². The van der Waals surface area contributed by atoms with E-state index in [0.29, 0.717) is 51.6 Å². The number of pyridine rings is 2. The van der Waals surface area contributed by atoms with E-state index in [1.54, 1.807) is 48.5 Å². The summed E-state index contributed by atoms with van der Waals surface area (Å²) in [6.07, 6.45) is 0.868. The van der Waals surface area contributed by atoms with Gasteiger partial charge in [0.15, 0.2) is 0 Å². The van der Waals surface area contributed by atoms with Gasteiger partial charge in [-0.25, -0.2) is 28.5 Å². The SMILES string of the molecule is COC(=O)c1ccc2nc(Cc3cc(F)c(-c4cccc(OCc5ccc(Br)nc5OC)n4)cc3F)n(CC3CCO3)c2c1. The first kappa shape index (κ1) is 29.6. The number of carbonyl (C=O) groups excluding carboxylic acids is 1. The van der Waals surface area contributed by atoms with E-state index in [0.717, 1.165) is 12.5 Å². The molecule has 44 heavy (non-hydrogen) atoms. The monoisotopic (exact) mass is 664 g/mol. The molecule has 0 aliphatic carbocycles. The molecule has 1 atom stereocenters. The third-order valence-electron chi connectivity index (χ3n) is 7.39. The second-order valence-corrected chi connectivity index (χ2v) is 11.0. The molecule has 1 fully saturated rings. The largest absolute Gasteiger partial charge is 0.481 e. The Hall–Kier alpha value is -4.42.